The zero-order valence-corrected chi connectivity index (χ0v) is 14.0. The first-order chi connectivity index (χ1) is 10.6. The second-order valence-electron chi connectivity index (χ2n) is 5.46. The molecule has 0 aliphatic rings. The molecule has 0 saturated carbocycles. The Morgan fingerprint density at radius 1 is 1.09 bits per heavy atom. The smallest absolute Gasteiger partial charge is 0.236 e. The summed E-state index contributed by atoms with van der Waals surface area (Å²) in [4.78, 5) is 18.2. The Morgan fingerprint density at radius 2 is 1.86 bits per heavy atom. The quantitative estimate of drug-likeness (QED) is 0.748. The first kappa shape index (κ1) is 14.9. The lowest BCUT2D eigenvalue weighted by Gasteiger charge is -2.23. The lowest BCUT2D eigenvalue weighted by molar-refractivity contribution is -0.120. The molecule has 1 aromatic carbocycles. The van der Waals surface area contributed by atoms with E-state index in [4.69, 9.17) is 0 Å². The highest BCUT2D eigenvalue weighted by atomic mass is 32.1. The summed E-state index contributed by atoms with van der Waals surface area (Å²) in [6.07, 6.45) is 0. The van der Waals surface area contributed by atoms with Crippen LogP contribution in [-0.4, -0.2) is 10.9 Å². The fourth-order valence-electron chi connectivity index (χ4n) is 2.11. The number of thiophene rings is 1. The van der Waals surface area contributed by atoms with Crippen LogP contribution in [0.4, 0.5) is 5.13 Å². The fourth-order valence-corrected chi connectivity index (χ4v) is 3.57. The number of amides is 1. The topological polar surface area (TPSA) is 42.0 Å². The molecule has 0 spiro atoms. The van der Waals surface area contributed by atoms with E-state index >= 15 is 0 Å². The molecule has 3 aromatic rings. The van der Waals surface area contributed by atoms with Crippen LogP contribution in [0.1, 0.15) is 19.4 Å². The third kappa shape index (κ3) is 2.96. The normalized spacial score (nSPS) is 11.4. The van der Waals surface area contributed by atoms with Crippen molar-refractivity contribution in [1.82, 2.24) is 4.98 Å². The SMILES string of the molecule is CC(C)(C(=O)Nc1nc(-c2cccs2)cs1)c1ccccc1. The first-order valence-corrected chi connectivity index (χ1v) is 8.69. The van der Waals surface area contributed by atoms with Crippen molar-refractivity contribution >= 4 is 33.7 Å². The number of nitrogens with one attached hydrogen (secondary N) is 1. The zero-order valence-electron chi connectivity index (χ0n) is 12.4. The number of carbonyl (C=O) groups is 1. The molecule has 22 heavy (non-hydrogen) atoms. The molecule has 0 radical (unpaired) electrons. The van der Waals surface area contributed by atoms with E-state index in [0.717, 1.165) is 16.1 Å². The van der Waals surface area contributed by atoms with Gasteiger partial charge in [0.15, 0.2) is 5.13 Å². The Bertz CT molecular complexity index is 761. The number of nitrogens with zero attached hydrogens (tertiary/aromatic N) is 1. The predicted octanol–water partition coefficient (Wildman–Crippen LogP) is 4.79. The monoisotopic (exact) mass is 328 g/mol. The van der Waals surface area contributed by atoms with Crippen LogP contribution in [0.25, 0.3) is 10.6 Å². The molecule has 1 N–H and O–H groups in total. The zero-order chi connectivity index (χ0) is 15.6. The third-order valence-corrected chi connectivity index (χ3v) is 5.21. The van der Waals surface area contributed by atoms with Crippen LogP contribution in [-0.2, 0) is 10.2 Å². The molecule has 0 bridgehead atoms. The average molecular weight is 328 g/mol. The number of hydrogen-bond donors (Lipinski definition) is 1. The summed E-state index contributed by atoms with van der Waals surface area (Å²) in [5.41, 5.74) is 1.30. The molecule has 0 aliphatic carbocycles. The molecule has 0 aliphatic heterocycles. The van der Waals surface area contributed by atoms with Crippen LogP contribution in [0.2, 0.25) is 0 Å². The van der Waals surface area contributed by atoms with Crippen molar-refractivity contribution in [2.75, 3.05) is 5.32 Å². The summed E-state index contributed by atoms with van der Waals surface area (Å²) in [6.45, 7) is 3.84. The largest absolute Gasteiger partial charge is 0.301 e. The van der Waals surface area contributed by atoms with E-state index in [1.54, 1.807) is 11.3 Å². The first-order valence-electron chi connectivity index (χ1n) is 6.94. The van der Waals surface area contributed by atoms with Gasteiger partial charge in [-0.2, -0.15) is 0 Å². The fraction of sp³-hybridized carbons (Fsp3) is 0.176. The molecule has 0 saturated heterocycles. The van der Waals surface area contributed by atoms with Crippen LogP contribution in [0.5, 0.6) is 0 Å². The third-order valence-electron chi connectivity index (χ3n) is 3.56. The molecule has 112 valence electrons. The van der Waals surface area contributed by atoms with Crippen molar-refractivity contribution in [2.24, 2.45) is 0 Å². The minimum atomic E-state index is -0.601. The molecular formula is C17H16N2OS2. The lowest BCUT2D eigenvalue weighted by Crippen LogP contribution is -2.34. The van der Waals surface area contributed by atoms with Gasteiger partial charge in [0, 0.05) is 5.38 Å². The van der Waals surface area contributed by atoms with E-state index in [2.05, 4.69) is 10.3 Å². The highest BCUT2D eigenvalue weighted by molar-refractivity contribution is 7.16. The maximum atomic E-state index is 12.6. The number of aromatic nitrogens is 1. The lowest BCUT2D eigenvalue weighted by atomic mass is 9.84. The van der Waals surface area contributed by atoms with Crippen molar-refractivity contribution in [2.45, 2.75) is 19.3 Å². The van der Waals surface area contributed by atoms with Crippen molar-refractivity contribution in [1.29, 1.82) is 0 Å². The predicted molar refractivity (Wildman–Crippen MR) is 93.5 cm³/mol. The summed E-state index contributed by atoms with van der Waals surface area (Å²) >= 11 is 3.09. The second-order valence-corrected chi connectivity index (χ2v) is 7.27. The maximum absolute atomic E-state index is 12.6. The Hall–Kier alpha value is -1.98. The molecule has 0 fully saturated rings. The number of benzene rings is 1. The molecule has 0 atom stereocenters. The second kappa shape index (κ2) is 6.02. The summed E-state index contributed by atoms with van der Waals surface area (Å²) < 4.78 is 0. The van der Waals surface area contributed by atoms with Crippen molar-refractivity contribution < 1.29 is 4.79 Å². The molecule has 3 rings (SSSR count). The van der Waals surface area contributed by atoms with Crippen LogP contribution < -0.4 is 5.32 Å². The number of carbonyl (C=O) groups excluding carboxylic acids is 1. The van der Waals surface area contributed by atoms with Gasteiger partial charge in [-0.05, 0) is 30.9 Å². The molecule has 1 amide bonds. The molecular weight excluding hydrogens is 312 g/mol. The van der Waals surface area contributed by atoms with E-state index in [9.17, 15) is 4.79 Å². The van der Waals surface area contributed by atoms with Crippen LogP contribution in [0.15, 0.2) is 53.2 Å². The Kier molecular flexibility index (Phi) is 4.09. The van der Waals surface area contributed by atoms with Gasteiger partial charge in [0.2, 0.25) is 5.91 Å². The minimum absolute atomic E-state index is 0.0502. The van der Waals surface area contributed by atoms with E-state index < -0.39 is 5.41 Å². The van der Waals surface area contributed by atoms with Crippen LogP contribution in [0, 0.1) is 0 Å². The Balaban J connectivity index is 1.77. The molecule has 2 heterocycles. The van der Waals surface area contributed by atoms with Gasteiger partial charge in [-0.25, -0.2) is 4.98 Å². The number of rotatable bonds is 4. The van der Waals surface area contributed by atoms with Gasteiger partial charge in [-0.15, -0.1) is 22.7 Å². The van der Waals surface area contributed by atoms with E-state index in [-0.39, 0.29) is 5.91 Å². The van der Waals surface area contributed by atoms with Gasteiger partial charge in [-0.1, -0.05) is 36.4 Å². The molecule has 2 aromatic heterocycles. The molecule has 0 unspecified atom stereocenters. The van der Waals surface area contributed by atoms with Crippen molar-refractivity contribution in [3.8, 4) is 10.6 Å². The van der Waals surface area contributed by atoms with Crippen molar-refractivity contribution in [3.63, 3.8) is 0 Å². The number of thiazole rings is 1. The number of anilines is 1. The van der Waals surface area contributed by atoms with E-state index in [1.165, 1.54) is 11.3 Å². The Morgan fingerprint density at radius 3 is 2.55 bits per heavy atom. The van der Waals surface area contributed by atoms with Crippen LogP contribution in [0.3, 0.4) is 0 Å². The van der Waals surface area contributed by atoms with E-state index in [1.807, 2.05) is 67.1 Å². The summed E-state index contributed by atoms with van der Waals surface area (Å²) in [7, 11) is 0. The highest BCUT2D eigenvalue weighted by Gasteiger charge is 2.30. The van der Waals surface area contributed by atoms with Gasteiger partial charge in [-0.3, -0.25) is 4.79 Å². The van der Waals surface area contributed by atoms with Crippen LogP contribution >= 0.6 is 22.7 Å². The van der Waals surface area contributed by atoms with Gasteiger partial charge >= 0.3 is 0 Å². The summed E-state index contributed by atoms with van der Waals surface area (Å²) in [5, 5.41) is 7.56. The van der Waals surface area contributed by atoms with E-state index in [0.29, 0.717) is 5.13 Å². The minimum Gasteiger partial charge on any atom is -0.301 e. The van der Waals surface area contributed by atoms with Crippen molar-refractivity contribution in [3.05, 3.63) is 58.8 Å². The van der Waals surface area contributed by atoms with Gasteiger partial charge < -0.3 is 5.32 Å². The van der Waals surface area contributed by atoms with Gasteiger partial charge in [0.1, 0.15) is 0 Å². The number of hydrogen-bond acceptors (Lipinski definition) is 4. The maximum Gasteiger partial charge on any atom is 0.236 e. The van der Waals surface area contributed by atoms with Gasteiger partial charge in [0.05, 0.1) is 16.0 Å². The highest BCUT2D eigenvalue weighted by Crippen LogP contribution is 2.30. The molecule has 5 heteroatoms. The Labute approximate surface area is 137 Å². The molecule has 3 nitrogen and oxygen atoms in total. The average Bonchev–Trinajstić information content (AvgIpc) is 3.18. The standard InChI is InChI=1S/C17H16N2OS2/c1-17(2,12-7-4-3-5-8-12)15(20)19-16-18-13(11-22-16)14-9-6-10-21-14/h3-11H,1-2H3,(H,18,19,20). The summed E-state index contributed by atoms with van der Waals surface area (Å²) in [5.74, 6) is -0.0502. The summed E-state index contributed by atoms with van der Waals surface area (Å²) in [6, 6.07) is 13.8. The van der Waals surface area contributed by atoms with Gasteiger partial charge in [0.25, 0.3) is 0 Å².